The monoisotopic (exact) mass is 271 g/mol. The largest absolute Gasteiger partial charge is 0.316 e. The molecule has 1 aromatic rings. The van der Waals surface area contributed by atoms with Gasteiger partial charge in [-0.05, 0) is 31.4 Å². The summed E-state index contributed by atoms with van der Waals surface area (Å²) >= 11 is 0. The third kappa shape index (κ3) is 3.78. The van der Waals surface area contributed by atoms with Crippen LogP contribution in [0.1, 0.15) is 18.4 Å². The lowest BCUT2D eigenvalue weighted by molar-refractivity contribution is 0.235. The molecule has 0 amide bonds. The van der Waals surface area contributed by atoms with Gasteiger partial charge in [-0.15, -0.1) is 3.89 Å². The smallest absolute Gasteiger partial charge is 0.303 e. The van der Waals surface area contributed by atoms with Crippen molar-refractivity contribution in [2.45, 2.75) is 19.3 Å². The summed E-state index contributed by atoms with van der Waals surface area (Å²) in [7, 11) is -4.44. The fourth-order valence-electron chi connectivity index (χ4n) is 2.75. The Kier molecular flexibility index (Phi) is 4.02. The maximum absolute atomic E-state index is 13.1. The molecule has 0 aromatic heterocycles. The fraction of sp³-hybridized carbons (Fsp3) is 0.538. The molecule has 1 saturated heterocycles. The summed E-state index contributed by atoms with van der Waals surface area (Å²) in [5.41, 5.74) is 0.553. The number of hydrogen-bond donors (Lipinski definition) is 1. The second kappa shape index (κ2) is 5.36. The van der Waals surface area contributed by atoms with Crippen LogP contribution in [0.3, 0.4) is 0 Å². The van der Waals surface area contributed by atoms with Crippen molar-refractivity contribution in [3.05, 3.63) is 35.9 Å². The van der Waals surface area contributed by atoms with E-state index in [1.165, 1.54) is 0 Å². The molecule has 1 fully saturated rings. The highest BCUT2D eigenvalue weighted by Crippen LogP contribution is 2.32. The van der Waals surface area contributed by atoms with E-state index in [-0.39, 0.29) is 5.75 Å². The Balaban J connectivity index is 2.19. The van der Waals surface area contributed by atoms with Crippen molar-refractivity contribution >= 4 is 10.2 Å². The van der Waals surface area contributed by atoms with Gasteiger partial charge in [-0.2, -0.15) is 8.42 Å². The van der Waals surface area contributed by atoms with Crippen LogP contribution in [-0.4, -0.2) is 27.3 Å². The second-order valence-corrected chi connectivity index (χ2v) is 6.49. The number of nitrogens with one attached hydrogen (secondary N) is 1. The van der Waals surface area contributed by atoms with Gasteiger partial charge in [-0.25, -0.2) is 0 Å². The lowest BCUT2D eigenvalue weighted by atomic mass is 9.77. The Hall–Kier alpha value is -0.940. The molecule has 0 spiro atoms. The van der Waals surface area contributed by atoms with Gasteiger partial charge in [-0.1, -0.05) is 30.3 Å². The molecule has 0 aliphatic carbocycles. The van der Waals surface area contributed by atoms with Crippen LogP contribution in [0.25, 0.3) is 0 Å². The summed E-state index contributed by atoms with van der Waals surface area (Å²) < 4.78 is 35.1. The van der Waals surface area contributed by atoms with Gasteiger partial charge in [0.05, 0.1) is 5.75 Å². The highest BCUT2D eigenvalue weighted by Gasteiger charge is 2.37. The predicted molar refractivity (Wildman–Crippen MR) is 69.6 cm³/mol. The zero-order chi connectivity index (χ0) is 13.1. The zero-order valence-corrected chi connectivity index (χ0v) is 11.0. The SMILES string of the molecule is O=S(=O)(F)CC1(Cc2ccccc2)CCCNC1. The summed E-state index contributed by atoms with van der Waals surface area (Å²) in [6.07, 6.45) is 2.24. The van der Waals surface area contributed by atoms with Gasteiger partial charge in [0.2, 0.25) is 0 Å². The molecule has 0 saturated carbocycles. The molecular formula is C13H18FNO2S. The van der Waals surface area contributed by atoms with E-state index in [0.29, 0.717) is 13.0 Å². The minimum absolute atomic E-state index is 0.387. The molecule has 5 heteroatoms. The van der Waals surface area contributed by atoms with E-state index in [9.17, 15) is 12.3 Å². The van der Waals surface area contributed by atoms with Crippen molar-refractivity contribution in [2.75, 3.05) is 18.8 Å². The number of benzene rings is 1. The summed E-state index contributed by atoms with van der Waals surface area (Å²) in [5, 5.41) is 3.19. The molecular weight excluding hydrogens is 253 g/mol. The van der Waals surface area contributed by atoms with Gasteiger partial charge >= 0.3 is 10.2 Å². The van der Waals surface area contributed by atoms with Crippen LogP contribution in [0.5, 0.6) is 0 Å². The standard InChI is InChI=1S/C13H18FNO2S/c14-18(16,17)11-13(7-4-8-15-10-13)9-12-5-2-1-3-6-12/h1-3,5-6,15H,4,7-11H2. The summed E-state index contributed by atoms with van der Waals surface area (Å²) in [5.74, 6) is -0.387. The summed E-state index contributed by atoms with van der Waals surface area (Å²) in [6.45, 7) is 1.44. The van der Waals surface area contributed by atoms with Gasteiger partial charge in [0.25, 0.3) is 0 Å². The molecule has 1 N–H and O–H groups in total. The Bertz CT molecular complexity index is 481. The van der Waals surface area contributed by atoms with E-state index in [4.69, 9.17) is 0 Å². The molecule has 100 valence electrons. The number of rotatable bonds is 4. The number of hydrogen-bond acceptors (Lipinski definition) is 3. The first-order valence-corrected chi connectivity index (χ1v) is 7.71. The van der Waals surface area contributed by atoms with Gasteiger partial charge in [0.1, 0.15) is 0 Å². The Morgan fingerprint density at radius 3 is 2.56 bits per heavy atom. The van der Waals surface area contributed by atoms with Gasteiger partial charge in [0, 0.05) is 12.0 Å². The maximum Gasteiger partial charge on any atom is 0.303 e. The molecule has 1 aliphatic heterocycles. The summed E-state index contributed by atoms with van der Waals surface area (Å²) in [6, 6.07) is 9.68. The Morgan fingerprint density at radius 1 is 1.28 bits per heavy atom. The molecule has 18 heavy (non-hydrogen) atoms. The van der Waals surface area contributed by atoms with Gasteiger partial charge in [-0.3, -0.25) is 0 Å². The first-order valence-electron chi connectivity index (χ1n) is 6.16. The third-order valence-electron chi connectivity index (χ3n) is 3.46. The van der Waals surface area contributed by atoms with Crippen LogP contribution in [0, 0.1) is 5.41 Å². The van der Waals surface area contributed by atoms with Crippen molar-refractivity contribution in [3.8, 4) is 0 Å². The average molecular weight is 271 g/mol. The van der Waals surface area contributed by atoms with Crippen LogP contribution in [0.4, 0.5) is 3.89 Å². The predicted octanol–water partition coefficient (Wildman–Crippen LogP) is 1.90. The van der Waals surface area contributed by atoms with Gasteiger partial charge in [0.15, 0.2) is 0 Å². The molecule has 1 atom stereocenters. The van der Waals surface area contributed by atoms with E-state index in [1.54, 1.807) is 0 Å². The van der Waals surface area contributed by atoms with E-state index in [2.05, 4.69) is 5.32 Å². The lowest BCUT2D eigenvalue weighted by Crippen LogP contribution is -2.45. The molecule has 1 aliphatic rings. The van der Waals surface area contributed by atoms with Crippen LogP contribution in [-0.2, 0) is 16.6 Å². The molecule has 1 heterocycles. The molecule has 3 nitrogen and oxygen atoms in total. The van der Waals surface area contributed by atoms with Crippen LogP contribution < -0.4 is 5.32 Å². The van der Waals surface area contributed by atoms with Crippen LogP contribution in [0.2, 0.25) is 0 Å². The normalized spacial score (nSPS) is 24.9. The summed E-state index contributed by atoms with van der Waals surface area (Å²) in [4.78, 5) is 0. The Labute approximate surface area is 108 Å². The molecule has 0 bridgehead atoms. The van der Waals surface area contributed by atoms with Crippen molar-refractivity contribution in [2.24, 2.45) is 5.41 Å². The Morgan fingerprint density at radius 2 is 2.00 bits per heavy atom. The van der Waals surface area contributed by atoms with E-state index >= 15 is 0 Å². The lowest BCUT2D eigenvalue weighted by Gasteiger charge is -2.36. The molecule has 2 rings (SSSR count). The van der Waals surface area contributed by atoms with E-state index in [1.807, 2.05) is 30.3 Å². The number of piperidine rings is 1. The van der Waals surface area contributed by atoms with Crippen molar-refractivity contribution < 1.29 is 12.3 Å². The first-order chi connectivity index (χ1) is 8.49. The molecule has 1 unspecified atom stereocenters. The third-order valence-corrected chi connectivity index (χ3v) is 4.42. The highest BCUT2D eigenvalue weighted by atomic mass is 32.3. The maximum atomic E-state index is 13.1. The van der Waals surface area contributed by atoms with Crippen molar-refractivity contribution in [3.63, 3.8) is 0 Å². The minimum Gasteiger partial charge on any atom is -0.316 e. The first kappa shape index (κ1) is 13.5. The average Bonchev–Trinajstić information content (AvgIpc) is 2.28. The van der Waals surface area contributed by atoms with Crippen molar-refractivity contribution in [1.29, 1.82) is 0 Å². The van der Waals surface area contributed by atoms with Crippen LogP contribution >= 0.6 is 0 Å². The highest BCUT2D eigenvalue weighted by molar-refractivity contribution is 7.86. The van der Waals surface area contributed by atoms with E-state index < -0.39 is 15.6 Å². The zero-order valence-electron chi connectivity index (χ0n) is 10.2. The fourth-order valence-corrected chi connectivity index (χ4v) is 3.83. The molecule has 1 aromatic carbocycles. The van der Waals surface area contributed by atoms with Crippen molar-refractivity contribution in [1.82, 2.24) is 5.32 Å². The topological polar surface area (TPSA) is 46.2 Å². The quantitative estimate of drug-likeness (QED) is 0.851. The van der Waals surface area contributed by atoms with E-state index in [0.717, 1.165) is 24.9 Å². The number of halogens is 1. The second-order valence-electron chi connectivity index (χ2n) is 5.13. The minimum atomic E-state index is -4.44. The molecule has 0 radical (unpaired) electrons. The van der Waals surface area contributed by atoms with Crippen LogP contribution in [0.15, 0.2) is 30.3 Å². The van der Waals surface area contributed by atoms with Gasteiger partial charge < -0.3 is 5.32 Å².